The molecular formula is C29H33FN2O6S. The number of nitrogens with one attached hydrogen (secondary N) is 1. The minimum Gasteiger partial charge on any atom is -0.493 e. The number of nitrogens with zero attached hydrogens (tertiary/aromatic N) is 1. The second-order valence-electron chi connectivity index (χ2n) is 11.3. The van der Waals surface area contributed by atoms with Gasteiger partial charge in [0, 0.05) is 18.2 Å². The van der Waals surface area contributed by atoms with Crippen LogP contribution in [0.15, 0.2) is 42.5 Å². The van der Waals surface area contributed by atoms with Crippen molar-refractivity contribution in [3.8, 4) is 5.75 Å². The van der Waals surface area contributed by atoms with Gasteiger partial charge in [-0.2, -0.15) is 0 Å². The van der Waals surface area contributed by atoms with Crippen molar-refractivity contribution in [1.29, 1.82) is 0 Å². The molecule has 2 aliphatic carbocycles. The van der Waals surface area contributed by atoms with Gasteiger partial charge in [0.05, 0.1) is 17.4 Å². The molecule has 2 saturated carbocycles. The normalized spacial score (nSPS) is 24.3. The zero-order valence-corrected chi connectivity index (χ0v) is 22.5. The van der Waals surface area contributed by atoms with Crippen LogP contribution in [-0.2, 0) is 21.4 Å². The number of amides is 2. The van der Waals surface area contributed by atoms with E-state index < -0.39 is 27.0 Å². The molecule has 1 N–H and O–H groups in total. The predicted molar refractivity (Wildman–Crippen MR) is 141 cm³/mol. The molecule has 0 spiro atoms. The van der Waals surface area contributed by atoms with E-state index in [4.69, 9.17) is 9.47 Å². The van der Waals surface area contributed by atoms with Gasteiger partial charge in [0.25, 0.3) is 5.91 Å². The Labute approximate surface area is 227 Å². The number of fused-ring (bicyclic) bond motifs is 2. The van der Waals surface area contributed by atoms with Gasteiger partial charge >= 0.3 is 6.09 Å². The number of carbonyl (C=O) groups excluding carboxylic acids is 2. The molecular weight excluding hydrogens is 523 g/mol. The van der Waals surface area contributed by atoms with Gasteiger partial charge in [-0.25, -0.2) is 22.3 Å². The van der Waals surface area contributed by atoms with Crippen molar-refractivity contribution in [2.75, 3.05) is 6.61 Å². The van der Waals surface area contributed by atoms with E-state index in [1.54, 1.807) is 0 Å². The molecule has 0 aromatic heterocycles. The lowest BCUT2D eigenvalue weighted by Crippen LogP contribution is -2.47. The molecule has 2 aromatic rings. The van der Waals surface area contributed by atoms with Gasteiger partial charge in [-0.05, 0) is 80.4 Å². The molecule has 2 heterocycles. The van der Waals surface area contributed by atoms with Crippen molar-refractivity contribution >= 4 is 22.0 Å². The molecule has 2 aromatic carbocycles. The molecule has 2 aliphatic heterocycles. The number of ether oxygens (including phenoxy) is 2. The van der Waals surface area contributed by atoms with Crippen molar-refractivity contribution < 1.29 is 31.9 Å². The molecule has 8 nitrogen and oxygen atoms in total. The lowest BCUT2D eigenvalue weighted by Gasteiger charge is -2.38. The third-order valence-corrected chi connectivity index (χ3v) is 10.1. The second kappa shape index (κ2) is 10.4. The number of sulfonamides is 1. The molecule has 2 bridgehead atoms. The van der Waals surface area contributed by atoms with Crippen molar-refractivity contribution in [1.82, 2.24) is 9.62 Å². The number of benzene rings is 2. The van der Waals surface area contributed by atoms with E-state index in [0.717, 1.165) is 49.7 Å². The van der Waals surface area contributed by atoms with Crippen LogP contribution in [0.4, 0.5) is 9.18 Å². The number of halogens is 1. The molecule has 2 amide bonds. The maximum atomic E-state index is 15.0. The van der Waals surface area contributed by atoms with Crippen LogP contribution in [-0.4, -0.2) is 49.3 Å². The van der Waals surface area contributed by atoms with E-state index in [1.165, 1.54) is 12.1 Å². The van der Waals surface area contributed by atoms with E-state index in [0.29, 0.717) is 25.2 Å². The van der Waals surface area contributed by atoms with Crippen LogP contribution in [0.1, 0.15) is 78.8 Å². The molecule has 2 saturated heterocycles. The lowest BCUT2D eigenvalue weighted by molar-refractivity contribution is 0.0449. The van der Waals surface area contributed by atoms with E-state index in [9.17, 15) is 22.4 Å². The van der Waals surface area contributed by atoms with Gasteiger partial charge in [-0.1, -0.05) is 30.3 Å². The fraction of sp³-hybridized carbons (Fsp3) is 0.517. The highest BCUT2D eigenvalue weighted by atomic mass is 32.2. The standard InChI is InChI=1S/C29H33FN2O6S/c30-26-15-27(24(20-6-7-20)14-25(26)28(33)31-39(35,36)23-10-11-23)37-17-19-12-21-8-9-22(13-19)32(21)29(34)38-16-18-4-2-1-3-5-18/h1-5,14-15,19-23H,6-13,16-17H2,(H,31,33)/t19-,21-,22+. The summed E-state index contributed by atoms with van der Waals surface area (Å²) in [6, 6.07) is 12.5. The van der Waals surface area contributed by atoms with Gasteiger partial charge in [-0.3, -0.25) is 4.79 Å². The molecule has 4 aliphatic rings. The monoisotopic (exact) mass is 556 g/mol. The highest BCUT2D eigenvalue weighted by Crippen LogP contribution is 2.46. The fourth-order valence-electron chi connectivity index (χ4n) is 5.96. The number of hydrogen-bond donors (Lipinski definition) is 1. The van der Waals surface area contributed by atoms with E-state index >= 15 is 0 Å². The summed E-state index contributed by atoms with van der Waals surface area (Å²) in [7, 11) is -3.77. The van der Waals surface area contributed by atoms with Crippen LogP contribution in [0.5, 0.6) is 5.75 Å². The molecule has 208 valence electrons. The summed E-state index contributed by atoms with van der Waals surface area (Å²) in [5.74, 6) is -0.939. The number of piperidine rings is 1. The molecule has 39 heavy (non-hydrogen) atoms. The third-order valence-electron chi connectivity index (χ3n) is 8.28. The van der Waals surface area contributed by atoms with Gasteiger partial charge < -0.3 is 14.4 Å². The smallest absolute Gasteiger partial charge is 0.410 e. The summed E-state index contributed by atoms with van der Waals surface area (Å²) in [5, 5.41) is -0.567. The Kier molecular flexibility index (Phi) is 6.99. The Balaban J connectivity index is 1.08. The Hall–Kier alpha value is -3.14. The van der Waals surface area contributed by atoms with E-state index in [1.807, 2.05) is 40.0 Å². The highest BCUT2D eigenvalue weighted by Gasteiger charge is 2.44. The average molecular weight is 557 g/mol. The summed E-state index contributed by atoms with van der Waals surface area (Å²) in [4.78, 5) is 27.3. The first kappa shape index (κ1) is 26.1. The lowest BCUT2D eigenvalue weighted by atomic mass is 9.91. The Morgan fingerprint density at radius 2 is 1.67 bits per heavy atom. The minimum absolute atomic E-state index is 0.0970. The van der Waals surface area contributed by atoms with Gasteiger partial charge in [0.15, 0.2) is 0 Å². The Morgan fingerprint density at radius 1 is 0.974 bits per heavy atom. The van der Waals surface area contributed by atoms with E-state index in [2.05, 4.69) is 0 Å². The first-order valence-electron chi connectivity index (χ1n) is 13.8. The largest absolute Gasteiger partial charge is 0.493 e. The molecule has 3 atom stereocenters. The van der Waals surface area contributed by atoms with Crippen LogP contribution < -0.4 is 9.46 Å². The van der Waals surface area contributed by atoms with Gasteiger partial charge in [-0.15, -0.1) is 0 Å². The first-order valence-corrected chi connectivity index (χ1v) is 15.3. The van der Waals surface area contributed by atoms with E-state index in [-0.39, 0.29) is 42.2 Å². The second-order valence-corrected chi connectivity index (χ2v) is 13.3. The van der Waals surface area contributed by atoms with Crippen LogP contribution in [0, 0.1) is 11.7 Å². The van der Waals surface area contributed by atoms with Crippen molar-refractivity contribution in [3.05, 3.63) is 65.0 Å². The zero-order valence-electron chi connectivity index (χ0n) is 21.7. The fourth-order valence-corrected chi connectivity index (χ4v) is 7.25. The van der Waals surface area contributed by atoms with Crippen molar-refractivity contribution in [3.63, 3.8) is 0 Å². The van der Waals surface area contributed by atoms with Gasteiger partial charge in [0.1, 0.15) is 18.2 Å². The number of hydrogen-bond acceptors (Lipinski definition) is 6. The Morgan fingerprint density at radius 3 is 2.31 bits per heavy atom. The SMILES string of the molecule is O=C(NS(=O)(=O)C1CC1)c1cc(C2CC2)c(OC[C@@H]2C[C@H]3CC[C@@H](C2)N3C(=O)OCc2ccccc2)cc1F. The van der Waals surface area contributed by atoms with Crippen molar-refractivity contribution in [2.24, 2.45) is 5.92 Å². The third kappa shape index (κ3) is 5.76. The first-order chi connectivity index (χ1) is 18.8. The summed E-state index contributed by atoms with van der Waals surface area (Å²) in [6.07, 6.45) is 6.01. The van der Waals surface area contributed by atoms with Crippen LogP contribution in [0.3, 0.4) is 0 Å². The maximum absolute atomic E-state index is 15.0. The minimum atomic E-state index is -3.77. The van der Waals surface area contributed by atoms with Crippen LogP contribution in [0.25, 0.3) is 0 Å². The number of carbonyl (C=O) groups is 2. The molecule has 0 radical (unpaired) electrons. The average Bonchev–Trinajstić information content (AvgIpc) is 3.82. The molecule has 6 rings (SSSR count). The van der Waals surface area contributed by atoms with Gasteiger partial charge in [0.2, 0.25) is 10.0 Å². The summed E-state index contributed by atoms with van der Waals surface area (Å²) < 4.78 is 53.1. The molecule has 4 fully saturated rings. The zero-order chi connectivity index (χ0) is 27.1. The maximum Gasteiger partial charge on any atom is 0.410 e. The Bertz CT molecular complexity index is 1350. The topological polar surface area (TPSA) is 102 Å². The molecule has 10 heteroatoms. The van der Waals surface area contributed by atoms with Crippen molar-refractivity contribution in [2.45, 2.75) is 81.2 Å². The summed E-state index contributed by atoms with van der Waals surface area (Å²) in [6.45, 7) is 0.638. The predicted octanol–water partition coefficient (Wildman–Crippen LogP) is 4.88. The van der Waals surface area contributed by atoms with Crippen LogP contribution >= 0.6 is 0 Å². The summed E-state index contributed by atoms with van der Waals surface area (Å²) >= 11 is 0. The quantitative estimate of drug-likeness (QED) is 0.472. The molecule has 0 unspecified atom stereocenters. The number of rotatable bonds is 9. The van der Waals surface area contributed by atoms with Crippen LogP contribution in [0.2, 0.25) is 0 Å². The summed E-state index contributed by atoms with van der Waals surface area (Å²) in [5.41, 5.74) is 1.43. The highest BCUT2D eigenvalue weighted by molar-refractivity contribution is 7.91.